The van der Waals surface area contributed by atoms with Crippen LogP contribution in [0, 0.1) is 0 Å². The van der Waals surface area contributed by atoms with E-state index in [-0.39, 0.29) is 0 Å². The van der Waals surface area contributed by atoms with Crippen LogP contribution in [0.3, 0.4) is 0 Å². The molecule has 4 nitrogen and oxygen atoms in total. The number of allylic oxidation sites excluding steroid dienone is 2. The van der Waals surface area contributed by atoms with Gasteiger partial charge >= 0.3 is 0 Å². The fourth-order valence-corrected chi connectivity index (χ4v) is 8.61. The molecule has 0 spiro atoms. The van der Waals surface area contributed by atoms with E-state index in [0.717, 1.165) is 56.6 Å². The highest BCUT2D eigenvalue weighted by Gasteiger charge is 2.33. The minimum absolute atomic E-state index is 0.385. The van der Waals surface area contributed by atoms with E-state index < -0.39 is 15.1 Å². The van der Waals surface area contributed by atoms with Crippen LogP contribution in [0.5, 0.6) is 0 Å². The van der Waals surface area contributed by atoms with E-state index in [1.54, 1.807) is 12.1 Å². The number of hydrogen-bond donors (Lipinski definition) is 0. The number of piperidine rings is 2. The molecular formula is C36H42N2O2S. The van der Waals surface area contributed by atoms with Crippen molar-refractivity contribution in [1.29, 1.82) is 0 Å². The van der Waals surface area contributed by atoms with Crippen LogP contribution in [-0.2, 0) is 9.84 Å². The number of hydrogen-bond acceptors (Lipinski definition) is 4. The van der Waals surface area contributed by atoms with E-state index in [9.17, 15) is 8.42 Å². The normalized spacial score (nSPS) is 20.1. The molecule has 1 unspecified atom stereocenters. The molecule has 1 atom stereocenters. The Morgan fingerprint density at radius 3 is 1.76 bits per heavy atom. The minimum atomic E-state index is -3.62. The molecule has 6 rings (SSSR count). The van der Waals surface area contributed by atoms with E-state index in [2.05, 4.69) is 58.4 Å². The molecule has 0 aromatic heterocycles. The maximum atomic E-state index is 14.2. The first-order chi connectivity index (χ1) is 20.1. The van der Waals surface area contributed by atoms with Crippen molar-refractivity contribution in [2.45, 2.75) is 67.9 Å². The number of anilines is 2. The van der Waals surface area contributed by atoms with Gasteiger partial charge in [0.2, 0.25) is 0 Å². The Labute approximate surface area is 246 Å². The standard InChI is InChI=1S/C36H42N2O2S/c39-41(40,35-13-4-1-5-14-35)36(31-17-21-34(22-18-31)38-25-8-3-9-26-38)32-12-10-11-30(28-32)27-29-15-19-33(20-16-29)37-23-6-2-7-24-37/h1,4-5,13-22,27-28,36H,2-3,6-12,23-26H2. The Morgan fingerprint density at radius 2 is 1.17 bits per heavy atom. The Balaban J connectivity index is 1.31. The van der Waals surface area contributed by atoms with Crippen LogP contribution in [0.15, 0.2) is 101 Å². The zero-order valence-corrected chi connectivity index (χ0v) is 24.9. The second-order valence-corrected chi connectivity index (χ2v) is 13.8. The molecule has 2 saturated heterocycles. The van der Waals surface area contributed by atoms with Crippen molar-refractivity contribution in [1.82, 2.24) is 0 Å². The van der Waals surface area contributed by atoms with Gasteiger partial charge in [0.05, 0.1) is 4.90 Å². The average Bonchev–Trinajstić information content (AvgIpc) is 3.03. The molecule has 3 aromatic rings. The Kier molecular flexibility index (Phi) is 8.62. The largest absolute Gasteiger partial charge is 0.372 e. The van der Waals surface area contributed by atoms with Gasteiger partial charge in [0.15, 0.2) is 9.84 Å². The van der Waals surface area contributed by atoms with Crippen LogP contribution < -0.4 is 9.80 Å². The van der Waals surface area contributed by atoms with Crippen LogP contribution in [0.2, 0.25) is 0 Å². The number of nitrogens with zero attached hydrogens (tertiary/aromatic N) is 2. The fourth-order valence-electron chi connectivity index (χ4n) is 6.70. The summed E-state index contributed by atoms with van der Waals surface area (Å²) in [6.07, 6.45) is 14.7. The van der Waals surface area contributed by atoms with Crippen LogP contribution in [0.4, 0.5) is 11.4 Å². The van der Waals surface area contributed by atoms with Crippen molar-refractivity contribution >= 4 is 27.3 Å². The van der Waals surface area contributed by atoms with E-state index in [0.29, 0.717) is 4.90 Å². The predicted molar refractivity (Wildman–Crippen MR) is 171 cm³/mol. The monoisotopic (exact) mass is 566 g/mol. The lowest BCUT2D eigenvalue weighted by Gasteiger charge is -2.30. The number of rotatable bonds is 7. The summed E-state index contributed by atoms with van der Waals surface area (Å²) in [6, 6.07) is 26.2. The summed E-state index contributed by atoms with van der Waals surface area (Å²) in [5, 5.41) is -0.689. The lowest BCUT2D eigenvalue weighted by molar-refractivity contribution is 0.577. The summed E-state index contributed by atoms with van der Waals surface area (Å²) in [5.41, 5.74) is 6.71. The first kappa shape index (κ1) is 27.8. The summed E-state index contributed by atoms with van der Waals surface area (Å²) in [4.78, 5) is 5.29. The first-order valence-electron chi connectivity index (χ1n) is 15.5. The molecule has 0 radical (unpaired) electrons. The quantitative estimate of drug-likeness (QED) is 0.288. The summed E-state index contributed by atoms with van der Waals surface area (Å²) < 4.78 is 28.4. The Bertz CT molecular complexity index is 1460. The van der Waals surface area contributed by atoms with Crippen LogP contribution >= 0.6 is 0 Å². The summed E-state index contributed by atoms with van der Waals surface area (Å²) in [6.45, 7) is 4.43. The van der Waals surface area contributed by atoms with Gasteiger partial charge < -0.3 is 9.80 Å². The molecule has 41 heavy (non-hydrogen) atoms. The molecule has 2 aliphatic heterocycles. The van der Waals surface area contributed by atoms with Crippen LogP contribution in [-0.4, -0.2) is 34.6 Å². The molecule has 2 heterocycles. The van der Waals surface area contributed by atoms with Gasteiger partial charge in [-0.1, -0.05) is 54.6 Å². The van der Waals surface area contributed by atoms with Crippen molar-refractivity contribution in [3.05, 3.63) is 107 Å². The van der Waals surface area contributed by atoms with Gasteiger partial charge in [-0.05, 0) is 116 Å². The molecule has 3 aliphatic rings. The molecule has 214 valence electrons. The van der Waals surface area contributed by atoms with Crippen LogP contribution in [0.25, 0.3) is 6.08 Å². The van der Waals surface area contributed by atoms with E-state index in [1.165, 1.54) is 61.0 Å². The first-order valence-corrected chi connectivity index (χ1v) is 17.0. The lowest BCUT2D eigenvalue weighted by atomic mass is 9.89. The highest BCUT2D eigenvalue weighted by Crippen LogP contribution is 2.41. The SMILES string of the molecule is O=S(=O)(c1ccccc1)C(C1=CC(=Cc2ccc(N3CCCCC3)cc2)CCC1)c1ccc(N2CCCCC2)cc1. The fraction of sp³-hybridized carbons (Fsp3) is 0.389. The third kappa shape index (κ3) is 6.46. The van der Waals surface area contributed by atoms with Gasteiger partial charge in [-0.15, -0.1) is 0 Å². The van der Waals surface area contributed by atoms with Gasteiger partial charge in [0, 0.05) is 37.6 Å². The Morgan fingerprint density at radius 1 is 0.610 bits per heavy atom. The molecule has 0 bridgehead atoms. The van der Waals surface area contributed by atoms with Gasteiger partial charge in [0.25, 0.3) is 0 Å². The third-order valence-corrected chi connectivity index (χ3v) is 11.0. The zero-order chi connectivity index (χ0) is 28.1. The molecule has 3 aromatic carbocycles. The molecule has 5 heteroatoms. The topological polar surface area (TPSA) is 40.6 Å². The molecule has 0 saturated carbocycles. The van der Waals surface area contributed by atoms with E-state index >= 15 is 0 Å². The van der Waals surface area contributed by atoms with Gasteiger partial charge in [0.1, 0.15) is 5.25 Å². The highest BCUT2D eigenvalue weighted by atomic mass is 32.2. The maximum Gasteiger partial charge on any atom is 0.189 e. The molecule has 1 aliphatic carbocycles. The third-order valence-electron chi connectivity index (χ3n) is 8.90. The second-order valence-electron chi connectivity index (χ2n) is 11.8. The smallest absolute Gasteiger partial charge is 0.189 e. The Hall–Kier alpha value is -3.31. The molecule has 2 fully saturated rings. The van der Waals surface area contributed by atoms with Gasteiger partial charge in [-0.2, -0.15) is 0 Å². The van der Waals surface area contributed by atoms with Crippen molar-refractivity contribution in [3.63, 3.8) is 0 Å². The van der Waals surface area contributed by atoms with Crippen molar-refractivity contribution in [3.8, 4) is 0 Å². The maximum absolute atomic E-state index is 14.2. The zero-order valence-electron chi connectivity index (χ0n) is 24.0. The highest BCUT2D eigenvalue weighted by molar-refractivity contribution is 7.92. The summed E-state index contributed by atoms with van der Waals surface area (Å²) in [7, 11) is -3.62. The van der Waals surface area contributed by atoms with E-state index in [1.807, 2.05) is 30.3 Å². The molecule has 0 N–H and O–H groups in total. The number of sulfone groups is 1. The minimum Gasteiger partial charge on any atom is -0.372 e. The van der Waals surface area contributed by atoms with Crippen molar-refractivity contribution in [2.24, 2.45) is 0 Å². The molecule has 0 amide bonds. The van der Waals surface area contributed by atoms with Gasteiger partial charge in [-0.3, -0.25) is 0 Å². The van der Waals surface area contributed by atoms with Crippen LogP contribution in [0.1, 0.15) is 74.2 Å². The second kappa shape index (κ2) is 12.7. The summed E-state index contributed by atoms with van der Waals surface area (Å²) >= 11 is 0. The van der Waals surface area contributed by atoms with Crippen molar-refractivity contribution in [2.75, 3.05) is 36.0 Å². The predicted octanol–water partition coefficient (Wildman–Crippen LogP) is 8.38. The lowest BCUT2D eigenvalue weighted by Crippen LogP contribution is -2.29. The average molecular weight is 567 g/mol. The van der Waals surface area contributed by atoms with Crippen molar-refractivity contribution < 1.29 is 8.42 Å². The van der Waals surface area contributed by atoms with E-state index in [4.69, 9.17) is 0 Å². The van der Waals surface area contributed by atoms with Gasteiger partial charge in [-0.25, -0.2) is 8.42 Å². The summed E-state index contributed by atoms with van der Waals surface area (Å²) in [5.74, 6) is 0. The number of benzene rings is 3. The molecular weight excluding hydrogens is 524 g/mol.